The van der Waals surface area contributed by atoms with Gasteiger partial charge in [0.15, 0.2) is 0 Å². The zero-order chi connectivity index (χ0) is 11.8. The zero-order valence-electron chi connectivity index (χ0n) is 10.00. The van der Waals surface area contributed by atoms with Crippen molar-refractivity contribution in [3.63, 3.8) is 0 Å². The predicted molar refractivity (Wildman–Crippen MR) is 76.7 cm³/mol. The van der Waals surface area contributed by atoms with Crippen molar-refractivity contribution >= 4 is 64.4 Å². The van der Waals surface area contributed by atoms with E-state index in [-0.39, 0.29) is 29.6 Å². The summed E-state index contributed by atoms with van der Waals surface area (Å²) in [5.41, 5.74) is 0. The van der Waals surface area contributed by atoms with Crippen LogP contribution in [0, 0.1) is 0 Å². The molecular formula is C14H10NaO2P+. The number of hydrogen-bond acceptors (Lipinski definition) is 1. The van der Waals surface area contributed by atoms with E-state index in [1.54, 1.807) is 6.07 Å². The first-order valence-electron chi connectivity index (χ1n) is 5.34. The average molecular weight is 264 g/mol. The molecule has 83 valence electrons. The molecule has 4 heteroatoms. The fraction of sp³-hybridized carbons (Fsp3) is 0. The monoisotopic (exact) mass is 264 g/mol. The van der Waals surface area contributed by atoms with Crippen LogP contribution in [0.3, 0.4) is 0 Å². The van der Waals surface area contributed by atoms with Gasteiger partial charge in [0.2, 0.25) is 5.30 Å². The van der Waals surface area contributed by atoms with E-state index in [4.69, 9.17) is 0 Å². The Hall–Kier alpha value is -0.760. The summed E-state index contributed by atoms with van der Waals surface area (Å²) in [4.78, 5) is 9.39. The Morgan fingerprint density at radius 2 is 1.39 bits per heavy atom. The minimum atomic E-state index is -2.32. The standard InChI is InChI=1S/C14H9O2P.Na/c15-17(16)14-9-10-5-1-2-6-11(10)12-7-3-4-8-13(12)14;/h1-9H;/p+1. The van der Waals surface area contributed by atoms with Gasteiger partial charge >= 0.3 is 8.03 Å². The van der Waals surface area contributed by atoms with Gasteiger partial charge in [0, 0.05) is 41.0 Å². The summed E-state index contributed by atoms with van der Waals surface area (Å²) in [6, 6.07) is 17.4. The molecule has 1 N–H and O–H groups in total. The van der Waals surface area contributed by atoms with Crippen molar-refractivity contribution in [1.82, 2.24) is 0 Å². The summed E-state index contributed by atoms with van der Waals surface area (Å²) < 4.78 is 11.4. The Morgan fingerprint density at radius 3 is 2.06 bits per heavy atom. The van der Waals surface area contributed by atoms with E-state index in [2.05, 4.69) is 0 Å². The van der Waals surface area contributed by atoms with E-state index in [9.17, 15) is 9.46 Å². The smallest absolute Gasteiger partial charge is 0.156 e. The van der Waals surface area contributed by atoms with Crippen LogP contribution < -0.4 is 5.30 Å². The van der Waals surface area contributed by atoms with Crippen molar-refractivity contribution < 1.29 is 9.46 Å². The van der Waals surface area contributed by atoms with Gasteiger partial charge in [0.25, 0.3) is 0 Å². The van der Waals surface area contributed by atoms with Gasteiger partial charge in [-0.3, -0.25) is 0 Å². The molecule has 0 fully saturated rings. The maximum atomic E-state index is 11.4. The molecule has 3 aromatic rings. The Labute approximate surface area is 128 Å². The quantitative estimate of drug-likeness (QED) is 0.417. The molecule has 0 heterocycles. The number of fused-ring (bicyclic) bond motifs is 3. The van der Waals surface area contributed by atoms with Gasteiger partial charge in [-0.05, 0) is 26.8 Å². The fourth-order valence-corrected chi connectivity index (χ4v) is 2.84. The molecule has 3 aromatic carbocycles. The van der Waals surface area contributed by atoms with Crippen LogP contribution in [-0.4, -0.2) is 34.5 Å². The third-order valence-electron chi connectivity index (χ3n) is 2.95. The second kappa shape index (κ2) is 5.48. The molecule has 0 aliphatic rings. The fourth-order valence-electron chi connectivity index (χ4n) is 2.19. The van der Waals surface area contributed by atoms with Crippen LogP contribution in [0.25, 0.3) is 21.5 Å². The molecule has 2 nitrogen and oxygen atoms in total. The van der Waals surface area contributed by atoms with Crippen LogP contribution in [0.15, 0.2) is 54.6 Å². The molecule has 0 bridgehead atoms. The van der Waals surface area contributed by atoms with Crippen molar-refractivity contribution in [2.45, 2.75) is 0 Å². The molecule has 0 aliphatic carbocycles. The zero-order valence-corrected chi connectivity index (χ0v) is 12.9. The predicted octanol–water partition coefficient (Wildman–Crippen LogP) is 2.97. The van der Waals surface area contributed by atoms with Crippen molar-refractivity contribution in [3.8, 4) is 0 Å². The van der Waals surface area contributed by atoms with Gasteiger partial charge in [-0.25, -0.2) is 0 Å². The second-order valence-corrected chi connectivity index (χ2v) is 4.96. The van der Waals surface area contributed by atoms with E-state index in [0.29, 0.717) is 5.30 Å². The molecule has 0 saturated carbocycles. The van der Waals surface area contributed by atoms with Crippen molar-refractivity contribution in [1.29, 1.82) is 0 Å². The summed E-state index contributed by atoms with van der Waals surface area (Å²) >= 11 is 0. The second-order valence-electron chi connectivity index (χ2n) is 3.94. The molecule has 0 saturated heterocycles. The molecule has 1 radical (unpaired) electrons. The summed E-state index contributed by atoms with van der Waals surface area (Å²) in [5.74, 6) is 0. The van der Waals surface area contributed by atoms with Crippen LogP contribution in [0.1, 0.15) is 0 Å². The van der Waals surface area contributed by atoms with Crippen LogP contribution in [-0.2, 0) is 4.57 Å². The third kappa shape index (κ3) is 2.23. The van der Waals surface area contributed by atoms with Crippen LogP contribution in [0.4, 0.5) is 0 Å². The number of benzene rings is 3. The van der Waals surface area contributed by atoms with E-state index < -0.39 is 8.03 Å². The molecule has 1 unspecified atom stereocenters. The molecule has 0 spiro atoms. The third-order valence-corrected chi connectivity index (χ3v) is 3.73. The van der Waals surface area contributed by atoms with Crippen molar-refractivity contribution in [2.75, 3.05) is 0 Å². The van der Waals surface area contributed by atoms with Gasteiger partial charge < -0.3 is 0 Å². The van der Waals surface area contributed by atoms with E-state index in [0.717, 1.165) is 21.5 Å². The largest absolute Gasteiger partial charge is 0.546 e. The topological polar surface area (TPSA) is 37.3 Å². The maximum Gasteiger partial charge on any atom is 0.546 e. The molecule has 1 atom stereocenters. The minimum absolute atomic E-state index is 0. The first-order chi connectivity index (χ1) is 8.27. The summed E-state index contributed by atoms with van der Waals surface area (Å²) in [5, 5.41) is 4.50. The van der Waals surface area contributed by atoms with E-state index >= 15 is 0 Å². The Kier molecular flexibility index (Phi) is 4.16. The Balaban J connectivity index is 0.00000120. The molecule has 0 aliphatic heterocycles. The minimum Gasteiger partial charge on any atom is -0.156 e. The molecule has 18 heavy (non-hydrogen) atoms. The Bertz CT molecular complexity index is 740. The maximum absolute atomic E-state index is 11.4. The van der Waals surface area contributed by atoms with Gasteiger partial charge in [0.1, 0.15) is 0 Å². The molecule has 3 rings (SSSR count). The average Bonchev–Trinajstić information content (AvgIpc) is 2.37. The van der Waals surface area contributed by atoms with Gasteiger partial charge in [-0.1, -0.05) is 42.5 Å². The van der Waals surface area contributed by atoms with Gasteiger partial charge in [-0.15, -0.1) is 0 Å². The van der Waals surface area contributed by atoms with Gasteiger partial charge in [0.05, 0.1) is 0 Å². The van der Waals surface area contributed by atoms with E-state index in [1.165, 1.54) is 0 Å². The number of hydrogen-bond donors (Lipinski definition) is 1. The van der Waals surface area contributed by atoms with Crippen LogP contribution >= 0.6 is 8.03 Å². The molecule has 0 aromatic heterocycles. The normalized spacial score (nSPS) is 11.3. The Morgan fingerprint density at radius 1 is 0.833 bits per heavy atom. The van der Waals surface area contributed by atoms with Crippen molar-refractivity contribution in [2.24, 2.45) is 0 Å². The number of rotatable bonds is 1. The first-order valence-corrected chi connectivity index (χ1v) is 6.55. The van der Waals surface area contributed by atoms with Gasteiger partial charge in [-0.2, -0.15) is 4.89 Å². The SMILES string of the molecule is O=[P+](O)c1cc2ccccc2c2ccccc12.[Na]. The first kappa shape index (κ1) is 13.7. The molecule has 0 amide bonds. The summed E-state index contributed by atoms with van der Waals surface area (Å²) in [7, 11) is -2.32. The summed E-state index contributed by atoms with van der Waals surface area (Å²) in [6.07, 6.45) is 0. The van der Waals surface area contributed by atoms with Crippen LogP contribution in [0.5, 0.6) is 0 Å². The van der Waals surface area contributed by atoms with E-state index in [1.807, 2.05) is 48.5 Å². The molecular weight excluding hydrogens is 254 g/mol. The van der Waals surface area contributed by atoms with Crippen LogP contribution in [0.2, 0.25) is 0 Å². The summed E-state index contributed by atoms with van der Waals surface area (Å²) in [6.45, 7) is 0. The van der Waals surface area contributed by atoms with Crippen molar-refractivity contribution in [3.05, 3.63) is 54.6 Å².